The molecule has 0 spiro atoms. The van der Waals surface area contributed by atoms with Crippen LogP contribution >= 0.6 is 0 Å². The zero-order valence-electron chi connectivity index (χ0n) is 20.3. The van der Waals surface area contributed by atoms with Gasteiger partial charge in [-0.1, -0.05) is 44.2 Å². The molecule has 0 heterocycles. The molecule has 0 aliphatic rings. The number of benzene rings is 3. The second-order valence-corrected chi connectivity index (χ2v) is 9.35. The van der Waals surface area contributed by atoms with E-state index in [0.29, 0.717) is 40.3 Å². The quantitative estimate of drug-likeness (QED) is 0.276. The van der Waals surface area contributed by atoms with Crippen LogP contribution in [0.15, 0.2) is 66.7 Å². The highest BCUT2D eigenvalue weighted by Crippen LogP contribution is 2.35. The molecule has 3 aromatic rings. The van der Waals surface area contributed by atoms with E-state index in [1.807, 2.05) is 13.8 Å². The summed E-state index contributed by atoms with van der Waals surface area (Å²) < 4.78 is 78.1. The Kier molecular flexibility index (Phi) is 8.56. The molecule has 0 fully saturated rings. The first kappa shape index (κ1) is 28.1. The summed E-state index contributed by atoms with van der Waals surface area (Å²) in [6.45, 7) is 4.06. The molecule has 1 unspecified atom stereocenters. The summed E-state index contributed by atoms with van der Waals surface area (Å²) in [5.41, 5.74) is 1.01. The van der Waals surface area contributed by atoms with Crippen LogP contribution in [-0.4, -0.2) is 11.1 Å². The third-order valence-electron chi connectivity index (χ3n) is 5.91. The van der Waals surface area contributed by atoms with Gasteiger partial charge >= 0.3 is 18.3 Å². The number of carbonyl (C=O) groups is 1. The van der Waals surface area contributed by atoms with Crippen LogP contribution in [-0.2, 0) is 23.6 Å². The molecule has 0 aromatic heterocycles. The Hall–Kier alpha value is -3.49. The Morgan fingerprint density at radius 2 is 1.32 bits per heavy atom. The maximum atomic E-state index is 13.0. The largest absolute Gasteiger partial charge is 0.481 e. The van der Waals surface area contributed by atoms with Gasteiger partial charge in [-0.25, -0.2) is 0 Å². The number of nitrogens with one attached hydrogen (secondary N) is 1. The van der Waals surface area contributed by atoms with Crippen LogP contribution < -0.4 is 5.32 Å². The van der Waals surface area contributed by atoms with E-state index >= 15 is 0 Å². The van der Waals surface area contributed by atoms with Crippen molar-refractivity contribution in [3.63, 3.8) is 0 Å². The van der Waals surface area contributed by atoms with Gasteiger partial charge in [0, 0.05) is 5.69 Å². The molecule has 198 valence electrons. The lowest BCUT2D eigenvalue weighted by molar-refractivity contribution is -0.138. The first-order chi connectivity index (χ1) is 17.2. The van der Waals surface area contributed by atoms with E-state index in [4.69, 9.17) is 0 Å². The Morgan fingerprint density at radius 3 is 1.81 bits per heavy atom. The summed E-state index contributed by atoms with van der Waals surface area (Å²) in [5, 5.41) is 12.6. The number of alkyl halides is 6. The lowest BCUT2D eigenvalue weighted by Gasteiger charge is -2.23. The Balaban J connectivity index is 1.98. The van der Waals surface area contributed by atoms with Crippen LogP contribution in [0.1, 0.15) is 55.0 Å². The second kappa shape index (κ2) is 11.3. The molecule has 3 aromatic carbocycles. The highest BCUT2D eigenvalue weighted by molar-refractivity contribution is 5.75. The molecule has 0 radical (unpaired) electrons. The van der Waals surface area contributed by atoms with E-state index < -0.39 is 29.4 Å². The fraction of sp³-hybridized carbons (Fsp3) is 0.321. The summed E-state index contributed by atoms with van der Waals surface area (Å²) in [4.78, 5) is 11.4. The van der Waals surface area contributed by atoms with Crippen molar-refractivity contribution in [2.45, 2.75) is 51.5 Å². The standard InChI is InChI=1S/C28H27F6NO2/c1-17(2)3-12-25(20-6-10-23(11-7-20)28(32,33)34)35-24-14-18(15-26(36)37)13-21(16-24)19-4-8-22(9-5-19)27(29,30)31/h4-11,13-14,16-17,25,35H,3,12,15H2,1-2H3,(H,36,37). The van der Waals surface area contributed by atoms with Crippen LogP contribution in [0.4, 0.5) is 32.0 Å². The van der Waals surface area contributed by atoms with E-state index in [1.165, 1.54) is 24.3 Å². The fourth-order valence-corrected chi connectivity index (χ4v) is 4.00. The minimum absolute atomic E-state index is 0.305. The first-order valence-electron chi connectivity index (χ1n) is 11.7. The third-order valence-corrected chi connectivity index (χ3v) is 5.91. The van der Waals surface area contributed by atoms with Gasteiger partial charge in [0.15, 0.2) is 0 Å². The van der Waals surface area contributed by atoms with Gasteiger partial charge in [0.05, 0.1) is 23.6 Å². The lowest BCUT2D eigenvalue weighted by atomic mass is 9.95. The van der Waals surface area contributed by atoms with Crippen molar-refractivity contribution in [1.29, 1.82) is 0 Å². The average Bonchev–Trinajstić information content (AvgIpc) is 2.80. The van der Waals surface area contributed by atoms with Crippen LogP contribution in [0, 0.1) is 5.92 Å². The number of carboxylic acid groups (broad SMARTS) is 1. The van der Waals surface area contributed by atoms with Gasteiger partial charge in [0.1, 0.15) is 0 Å². The number of carboxylic acids is 1. The van der Waals surface area contributed by atoms with Gasteiger partial charge in [-0.15, -0.1) is 0 Å². The zero-order chi connectivity index (χ0) is 27.4. The molecule has 2 N–H and O–H groups in total. The van der Waals surface area contributed by atoms with Crippen molar-refractivity contribution in [2.75, 3.05) is 5.32 Å². The number of halogens is 6. The predicted octanol–water partition coefficient (Wildman–Crippen LogP) is 8.61. The zero-order valence-corrected chi connectivity index (χ0v) is 20.3. The summed E-state index contributed by atoms with van der Waals surface area (Å²) in [7, 11) is 0. The van der Waals surface area contributed by atoms with Gasteiger partial charge in [-0.05, 0) is 77.4 Å². The molecular weight excluding hydrogens is 496 g/mol. The third kappa shape index (κ3) is 8.00. The van der Waals surface area contributed by atoms with Crippen LogP contribution in [0.25, 0.3) is 11.1 Å². The van der Waals surface area contributed by atoms with Gasteiger partial charge in [-0.2, -0.15) is 26.3 Å². The molecule has 3 rings (SSSR count). The van der Waals surface area contributed by atoms with E-state index in [1.54, 1.807) is 18.2 Å². The summed E-state index contributed by atoms with van der Waals surface area (Å²) >= 11 is 0. The van der Waals surface area contributed by atoms with Crippen molar-refractivity contribution in [3.8, 4) is 11.1 Å². The van der Waals surface area contributed by atoms with Gasteiger partial charge in [0.2, 0.25) is 0 Å². The normalized spacial score (nSPS) is 13.0. The first-order valence-corrected chi connectivity index (χ1v) is 11.7. The Labute approximate surface area is 211 Å². The fourth-order valence-electron chi connectivity index (χ4n) is 4.00. The lowest BCUT2D eigenvalue weighted by Crippen LogP contribution is -2.13. The smallest absolute Gasteiger partial charge is 0.416 e. The van der Waals surface area contributed by atoms with E-state index in [0.717, 1.165) is 30.7 Å². The number of hydrogen-bond acceptors (Lipinski definition) is 2. The molecule has 3 nitrogen and oxygen atoms in total. The molecule has 0 saturated carbocycles. The Morgan fingerprint density at radius 1 is 0.784 bits per heavy atom. The monoisotopic (exact) mass is 523 g/mol. The van der Waals surface area contributed by atoms with Crippen LogP contribution in [0.3, 0.4) is 0 Å². The minimum Gasteiger partial charge on any atom is -0.481 e. The van der Waals surface area contributed by atoms with Crippen LogP contribution in [0.5, 0.6) is 0 Å². The maximum Gasteiger partial charge on any atom is 0.416 e. The average molecular weight is 524 g/mol. The van der Waals surface area contributed by atoms with Crippen molar-refractivity contribution >= 4 is 11.7 Å². The van der Waals surface area contributed by atoms with E-state index in [-0.39, 0.29) is 12.5 Å². The Bertz CT molecular complexity index is 1200. The second-order valence-electron chi connectivity index (χ2n) is 9.35. The number of aliphatic carboxylic acids is 1. The van der Waals surface area contributed by atoms with Gasteiger partial charge in [-0.3, -0.25) is 4.79 Å². The maximum absolute atomic E-state index is 13.0. The molecule has 37 heavy (non-hydrogen) atoms. The highest BCUT2D eigenvalue weighted by atomic mass is 19.4. The predicted molar refractivity (Wildman–Crippen MR) is 130 cm³/mol. The van der Waals surface area contributed by atoms with Gasteiger partial charge in [0.25, 0.3) is 0 Å². The molecular formula is C28H27F6NO2. The number of hydrogen-bond donors (Lipinski definition) is 2. The number of rotatable bonds is 9. The SMILES string of the molecule is CC(C)CCC(Nc1cc(CC(=O)O)cc(-c2ccc(C(F)(F)F)cc2)c1)c1ccc(C(F)(F)F)cc1. The molecule has 0 saturated heterocycles. The van der Waals surface area contributed by atoms with Crippen molar-refractivity contribution in [3.05, 3.63) is 89.0 Å². The molecule has 0 bridgehead atoms. The minimum atomic E-state index is -4.48. The van der Waals surface area contributed by atoms with Crippen LogP contribution in [0.2, 0.25) is 0 Å². The van der Waals surface area contributed by atoms with Gasteiger partial charge < -0.3 is 10.4 Å². The van der Waals surface area contributed by atoms with Crippen molar-refractivity contribution in [2.24, 2.45) is 5.92 Å². The number of anilines is 1. The van der Waals surface area contributed by atoms with Crippen molar-refractivity contribution in [1.82, 2.24) is 0 Å². The molecule has 9 heteroatoms. The summed E-state index contributed by atoms with van der Waals surface area (Å²) in [6, 6.07) is 14.0. The molecule has 0 aliphatic carbocycles. The molecule has 0 amide bonds. The van der Waals surface area contributed by atoms with E-state index in [9.17, 15) is 36.2 Å². The summed E-state index contributed by atoms with van der Waals surface area (Å²) in [6.07, 6.45) is -7.87. The topological polar surface area (TPSA) is 49.3 Å². The molecule has 1 atom stereocenters. The van der Waals surface area contributed by atoms with E-state index in [2.05, 4.69) is 5.32 Å². The summed E-state index contributed by atoms with van der Waals surface area (Å²) in [5.74, 6) is -0.741. The van der Waals surface area contributed by atoms with Crippen molar-refractivity contribution < 1.29 is 36.2 Å². The highest BCUT2D eigenvalue weighted by Gasteiger charge is 2.31. The molecule has 0 aliphatic heterocycles.